The maximum atomic E-state index is 12.6. The number of benzene rings is 2. The van der Waals surface area contributed by atoms with E-state index in [0.29, 0.717) is 38.8 Å². The zero-order valence-electron chi connectivity index (χ0n) is 32.6. The van der Waals surface area contributed by atoms with E-state index in [1.807, 2.05) is 74.5 Å². The first-order valence-corrected chi connectivity index (χ1v) is 19.6. The number of nitrogens with zero attached hydrogens (tertiary/aromatic N) is 4. The lowest BCUT2D eigenvalue weighted by Crippen LogP contribution is -2.49. The number of aryl methyl sites for hydroxylation is 2. The van der Waals surface area contributed by atoms with Gasteiger partial charge in [-0.15, -0.1) is 0 Å². The summed E-state index contributed by atoms with van der Waals surface area (Å²) in [6, 6.07) is 22.7. The van der Waals surface area contributed by atoms with Crippen LogP contribution in [0.1, 0.15) is 88.4 Å². The second-order valence-corrected chi connectivity index (χ2v) is 16.1. The summed E-state index contributed by atoms with van der Waals surface area (Å²) in [5, 5.41) is 19.6. The maximum Gasteiger partial charge on any atom is 0.410 e. The molecule has 2 aromatic carbocycles. The summed E-state index contributed by atoms with van der Waals surface area (Å²) in [6.45, 7) is 5.25. The molecular formula is C44H52N4O8. The molecular weight excluding hydrogens is 713 g/mol. The van der Waals surface area contributed by atoms with E-state index in [-0.39, 0.29) is 47.6 Å². The van der Waals surface area contributed by atoms with Crippen molar-refractivity contribution in [3.8, 4) is 22.3 Å². The molecule has 4 aliphatic rings. The first-order valence-electron chi connectivity index (χ1n) is 19.6. The van der Waals surface area contributed by atoms with Gasteiger partial charge in [-0.05, 0) is 85.0 Å². The molecule has 0 unspecified atom stereocenters. The molecule has 296 valence electrons. The number of ether oxygens (including phenoxy) is 2. The number of carbonyl (C=O) groups is 2. The minimum atomic E-state index is -0.476. The van der Waals surface area contributed by atoms with Crippen LogP contribution in [0.25, 0.3) is 22.3 Å². The Kier molecular flexibility index (Phi) is 11.0. The van der Waals surface area contributed by atoms with E-state index in [1.165, 1.54) is 9.13 Å². The topological polar surface area (TPSA) is 144 Å². The molecule has 2 amide bonds. The summed E-state index contributed by atoms with van der Waals surface area (Å²) in [5.74, 6) is 0. The lowest BCUT2D eigenvalue weighted by molar-refractivity contribution is -0.0581. The summed E-state index contributed by atoms with van der Waals surface area (Å²) < 4.78 is 14.6. The predicted molar refractivity (Wildman–Crippen MR) is 212 cm³/mol. The highest BCUT2D eigenvalue weighted by Crippen LogP contribution is 2.42. The van der Waals surface area contributed by atoms with Crippen LogP contribution in [-0.4, -0.2) is 77.8 Å². The fourth-order valence-corrected chi connectivity index (χ4v) is 8.61. The molecule has 12 nitrogen and oxygen atoms in total. The van der Waals surface area contributed by atoms with Crippen LogP contribution in [0.4, 0.5) is 9.59 Å². The SMILES string of the molecule is C[C@@H](c1ccc(-c2ccn(C)c(=O)c2)cc1)N1CC[C@@]2(CC[C@@H](O)C2)OC1=O.C[C@@H](c1ccc(-c2ccn(C)c(=O)c2)cc1)N1CC[C@]2(CC[C@H](O)C2)OC1=O. The van der Waals surface area contributed by atoms with Gasteiger partial charge in [-0.1, -0.05) is 48.5 Å². The Morgan fingerprint density at radius 2 is 0.946 bits per heavy atom. The van der Waals surface area contributed by atoms with Gasteiger partial charge >= 0.3 is 12.2 Å². The molecule has 4 aromatic rings. The summed E-state index contributed by atoms with van der Waals surface area (Å²) in [7, 11) is 3.45. The number of aliphatic hydroxyl groups excluding tert-OH is 2. The Morgan fingerprint density at radius 1 is 0.571 bits per heavy atom. The maximum absolute atomic E-state index is 12.6. The zero-order chi connectivity index (χ0) is 39.8. The monoisotopic (exact) mass is 764 g/mol. The Morgan fingerprint density at radius 3 is 1.25 bits per heavy atom. The molecule has 4 heterocycles. The van der Waals surface area contributed by atoms with E-state index in [0.717, 1.165) is 59.1 Å². The largest absolute Gasteiger partial charge is 0.443 e. The van der Waals surface area contributed by atoms with E-state index in [2.05, 4.69) is 0 Å². The predicted octanol–water partition coefficient (Wildman–Crippen LogP) is 6.48. The first kappa shape index (κ1) is 39.1. The van der Waals surface area contributed by atoms with Gasteiger partial charge in [0, 0.05) is 77.4 Å². The Hall–Kier alpha value is -5.20. The lowest BCUT2D eigenvalue weighted by atomic mass is 9.94. The first-order chi connectivity index (χ1) is 26.7. The van der Waals surface area contributed by atoms with Crippen molar-refractivity contribution in [2.24, 2.45) is 14.1 Å². The number of hydrogen-bond donors (Lipinski definition) is 2. The highest BCUT2D eigenvalue weighted by molar-refractivity contribution is 5.71. The molecule has 4 fully saturated rings. The molecule has 0 radical (unpaired) electrons. The molecule has 2 saturated carbocycles. The van der Waals surface area contributed by atoms with Crippen molar-refractivity contribution < 1.29 is 29.3 Å². The molecule has 2 N–H and O–H groups in total. The van der Waals surface area contributed by atoms with E-state index in [4.69, 9.17) is 9.47 Å². The number of rotatable bonds is 6. The minimum absolute atomic E-state index is 0.0445. The normalized spacial score (nSPS) is 25.8. The molecule has 56 heavy (non-hydrogen) atoms. The fraction of sp³-hybridized carbons (Fsp3) is 0.455. The van der Waals surface area contributed by atoms with Crippen molar-refractivity contribution >= 4 is 12.2 Å². The zero-order valence-corrected chi connectivity index (χ0v) is 32.6. The Balaban J connectivity index is 0.000000172. The van der Waals surface area contributed by atoms with Crippen molar-refractivity contribution in [2.45, 2.75) is 101 Å². The molecule has 2 aliphatic carbocycles. The lowest BCUT2D eigenvalue weighted by Gasteiger charge is -2.41. The molecule has 2 aliphatic heterocycles. The van der Waals surface area contributed by atoms with Crippen molar-refractivity contribution in [3.05, 3.63) is 117 Å². The van der Waals surface area contributed by atoms with Crippen LogP contribution < -0.4 is 11.1 Å². The van der Waals surface area contributed by atoms with Gasteiger partial charge in [-0.25, -0.2) is 9.59 Å². The van der Waals surface area contributed by atoms with Crippen molar-refractivity contribution in [1.29, 1.82) is 0 Å². The second kappa shape index (κ2) is 15.7. The van der Waals surface area contributed by atoms with Gasteiger partial charge in [-0.2, -0.15) is 0 Å². The molecule has 6 atom stereocenters. The summed E-state index contributed by atoms with van der Waals surface area (Å²) in [5.41, 5.74) is 4.68. The summed E-state index contributed by atoms with van der Waals surface area (Å²) in [6.07, 6.45) is 7.68. The average molecular weight is 765 g/mol. The molecule has 12 heteroatoms. The second-order valence-electron chi connectivity index (χ2n) is 16.1. The standard InChI is InChI=1S/2C22H26N2O4/c2*1-15(24-12-10-22(28-21(24)27)9-7-19(25)14-22)16-3-5-17(6-4-16)18-8-11-23(2)20(26)13-18/h2*3-6,8,11,13,15,19,25H,7,9-10,12,14H2,1-2H3/t15-,19+,22+;15-,19-,22-/m00/s1. The van der Waals surface area contributed by atoms with Gasteiger partial charge in [0.25, 0.3) is 11.1 Å². The van der Waals surface area contributed by atoms with Crippen molar-refractivity contribution in [3.63, 3.8) is 0 Å². The van der Waals surface area contributed by atoms with Crippen LogP contribution in [0.2, 0.25) is 0 Å². The Bertz CT molecular complexity index is 2030. The Labute approximate surface area is 326 Å². The van der Waals surface area contributed by atoms with Crippen LogP contribution in [0, 0.1) is 0 Å². The highest BCUT2D eigenvalue weighted by atomic mass is 16.6. The minimum Gasteiger partial charge on any atom is -0.443 e. The average Bonchev–Trinajstić information content (AvgIpc) is 3.73. The number of amides is 2. The fourth-order valence-electron chi connectivity index (χ4n) is 8.61. The third kappa shape index (κ3) is 8.17. The number of carbonyl (C=O) groups excluding carboxylic acids is 2. The van der Waals surface area contributed by atoms with Gasteiger partial charge in [-0.3, -0.25) is 9.59 Å². The van der Waals surface area contributed by atoms with E-state index in [1.54, 1.807) is 48.4 Å². The number of hydrogen-bond acceptors (Lipinski definition) is 8. The van der Waals surface area contributed by atoms with Crippen molar-refractivity contribution in [2.75, 3.05) is 13.1 Å². The highest BCUT2D eigenvalue weighted by Gasteiger charge is 2.48. The van der Waals surface area contributed by atoms with E-state index in [9.17, 15) is 29.4 Å². The van der Waals surface area contributed by atoms with Gasteiger partial charge < -0.3 is 38.6 Å². The van der Waals surface area contributed by atoms with Crippen LogP contribution in [-0.2, 0) is 23.6 Å². The summed E-state index contributed by atoms with van der Waals surface area (Å²) >= 11 is 0. The molecule has 8 rings (SSSR count). The van der Waals surface area contributed by atoms with Gasteiger partial charge in [0.15, 0.2) is 0 Å². The molecule has 2 aromatic heterocycles. The number of pyridine rings is 2. The van der Waals surface area contributed by atoms with Gasteiger partial charge in [0.1, 0.15) is 11.2 Å². The molecule has 2 spiro atoms. The third-order valence-electron chi connectivity index (χ3n) is 12.4. The number of aromatic nitrogens is 2. The van der Waals surface area contributed by atoms with E-state index >= 15 is 0 Å². The van der Waals surface area contributed by atoms with Gasteiger partial charge in [0.2, 0.25) is 0 Å². The van der Waals surface area contributed by atoms with E-state index < -0.39 is 11.2 Å². The van der Waals surface area contributed by atoms with Crippen LogP contribution >= 0.6 is 0 Å². The smallest absolute Gasteiger partial charge is 0.410 e. The quantitative estimate of drug-likeness (QED) is 0.227. The van der Waals surface area contributed by atoms with Crippen LogP contribution in [0.3, 0.4) is 0 Å². The van der Waals surface area contributed by atoms with Crippen molar-refractivity contribution in [1.82, 2.24) is 18.9 Å². The third-order valence-corrected chi connectivity index (χ3v) is 12.4. The molecule has 2 saturated heterocycles. The number of aliphatic hydroxyl groups is 2. The van der Waals surface area contributed by atoms with Gasteiger partial charge in [0.05, 0.1) is 24.3 Å². The summed E-state index contributed by atoms with van der Waals surface area (Å²) in [4.78, 5) is 52.4. The van der Waals surface area contributed by atoms with Crippen LogP contribution in [0.15, 0.2) is 94.8 Å². The van der Waals surface area contributed by atoms with Crippen LogP contribution in [0.5, 0.6) is 0 Å². The molecule has 0 bridgehead atoms.